The molecule has 0 atom stereocenters. The lowest BCUT2D eigenvalue weighted by Gasteiger charge is -2.29. The van der Waals surface area contributed by atoms with E-state index in [2.05, 4.69) is 16.0 Å². The number of pyridine rings is 1. The van der Waals surface area contributed by atoms with Crippen LogP contribution in [0.3, 0.4) is 0 Å². The van der Waals surface area contributed by atoms with Crippen LogP contribution in [0.25, 0.3) is 10.9 Å². The standard InChI is InChI=1S/C16H19ClN2OS/c17-12-1-2-14-15(11-12)18-6-3-16(14)21-10-9-19-7-4-13(20)5-8-19/h1-3,6,11,13,20H,4-5,7-10H2. The Morgan fingerprint density at radius 3 is 2.90 bits per heavy atom. The van der Waals surface area contributed by atoms with E-state index in [0.717, 1.165) is 48.8 Å². The van der Waals surface area contributed by atoms with Crippen molar-refractivity contribution in [2.45, 2.75) is 23.8 Å². The van der Waals surface area contributed by atoms with Crippen molar-refractivity contribution >= 4 is 34.3 Å². The first-order chi connectivity index (χ1) is 10.2. The zero-order chi connectivity index (χ0) is 14.7. The van der Waals surface area contributed by atoms with Gasteiger partial charge in [-0.25, -0.2) is 0 Å². The molecule has 2 heterocycles. The molecule has 5 heteroatoms. The third kappa shape index (κ3) is 3.89. The molecule has 2 aromatic rings. The molecule has 0 unspecified atom stereocenters. The number of halogens is 1. The largest absolute Gasteiger partial charge is 0.393 e. The van der Waals surface area contributed by atoms with Gasteiger partial charge in [0.1, 0.15) is 0 Å². The number of nitrogens with zero attached hydrogens (tertiary/aromatic N) is 2. The molecule has 1 N–H and O–H groups in total. The van der Waals surface area contributed by atoms with Crippen molar-refractivity contribution in [1.82, 2.24) is 9.88 Å². The van der Waals surface area contributed by atoms with Crippen LogP contribution >= 0.6 is 23.4 Å². The maximum atomic E-state index is 9.52. The summed E-state index contributed by atoms with van der Waals surface area (Å²) in [5.74, 6) is 1.05. The molecule has 1 aromatic carbocycles. The van der Waals surface area contributed by atoms with Crippen LogP contribution in [0.5, 0.6) is 0 Å². The summed E-state index contributed by atoms with van der Waals surface area (Å²) in [5.41, 5.74) is 0.952. The maximum absolute atomic E-state index is 9.52. The van der Waals surface area contributed by atoms with Crippen molar-refractivity contribution in [2.24, 2.45) is 0 Å². The first kappa shape index (κ1) is 15.1. The van der Waals surface area contributed by atoms with Crippen molar-refractivity contribution in [3.8, 4) is 0 Å². The van der Waals surface area contributed by atoms with Crippen molar-refractivity contribution in [3.63, 3.8) is 0 Å². The average molecular weight is 323 g/mol. The maximum Gasteiger partial charge on any atom is 0.0728 e. The molecule has 0 amide bonds. The van der Waals surface area contributed by atoms with Gasteiger partial charge in [-0.15, -0.1) is 11.8 Å². The topological polar surface area (TPSA) is 36.4 Å². The molecule has 21 heavy (non-hydrogen) atoms. The number of aliphatic hydroxyl groups excluding tert-OH is 1. The number of fused-ring (bicyclic) bond motifs is 1. The molecule has 1 aromatic heterocycles. The normalized spacial score (nSPS) is 17.4. The van der Waals surface area contributed by atoms with Gasteiger partial charge in [0.2, 0.25) is 0 Å². The van der Waals surface area contributed by atoms with Gasteiger partial charge >= 0.3 is 0 Å². The lowest BCUT2D eigenvalue weighted by atomic mass is 10.1. The predicted molar refractivity (Wildman–Crippen MR) is 89.2 cm³/mol. The molecule has 1 aliphatic rings. The quantitative estimate of drug-likeness (QED) is 0.875. The summed E-state index contributed by atoms with van der Waals surface area (Å²) in [5, 5.41) is 11.4. The minimum absolute atomic E-state index is 0.0946. The Labute approximate surface area is 134 Å². The SMILES string of the molecule is OC1CCN(CCSc2ccnc3cc(Cl)ccc23)CC1. The summed E-state index contributed by atoms with van der Waals surface area (Å²) >= 11 is 7.88. The van der Waals surface area contributed by atoms with E-state index >= 15 is 0 Å². The van der Waals surface area contributed by atoms with E-state index in [1.807, 2.05) is 36.2 Å². The lowest BCUT2D eigenvalue weighted by Crippen LogP contribution is -2.37. The number of aromatic nitrogens is 1. The summed E-state index contributed by atoms with van der Waals surface area (Å²) in [6.45, 7) is 3.08. The number of aliphatic hydroxyl groups is 1. The van der Waals surface area contributed by atoms with E-state index in [-0.39, 0.29) is 6.10 Å². The van der Waals surface area contributed by atoms with Crippen molar-refractivity contribution < 1.29 is 5.11 Å². The molecule has 1 saturated heterocycles. The van der Waals surface area contributed by atoms with Gasteiger partial charge in [-0.3, -0.25) is 4.98 Å². The second kappa shape index (κ2) is 6.97. The van der Waals surface area contributed by atoms with Gasteiger partial charge in [-0.1, -0.05) is 17.7 Å². The van der Waals surface area contributed by atoms with Crippen molar-refractivity contribution in [1.29, 1.82) is 0 Å². The Bertz CT molecular complexity index is 614. The fourth-order valence-electron chi connectivity index (χ4n) is 2.65. The van der Waals surface area contributed by atoms with Gasteiger partial charge in [0.05, 0.1) is 11.6 Å². The molecule has 0 radical (unpaired) electrons. The zero-order valence-corrected chi connectivity index (χ0v) is 13.4. The van der Waals surface area contributed by atoms with Gasteiger partial charge in [0, 0.05) is 46.9 Å². The number of hydrogen-bond acceptors (Lipinski definition) is 4. The summed E-state index contributed by atoms with van der Waals surface area (Å²) < 4.78 is 0. The average Bonchev–Trinajstić information content (AvgIpc) is 2.49. The van der Waals surface area contributed by atoms with E-state index in [4.69, 9.17) is 11.6 Å². The number of hydrogen-bond donors (Lipinski definition) is 1. The van der Waals surface area contributed by atoms with Gasteiger partial charge in [0.15, 0.2) is 0 Å². The van der Waals surface area contributed by atoms with E-state index in [9.17, 15) is 5.11 Å². The minimum Gasteiger partial charge on any atom is -0.393 e. The zero-order valence-electron chi connectivity index (χ0n) is 11.8. The van der Waals surface area contributed by atoms with Crippen LogP contribution in [-0.4, -0.2) is 46.5 Å². The van der Waals surface area contributed by atoms with Crippen LogP contribution in [0.2, 0.25) is 5.02 Å². The summed E-state index contributed by atoms with van der Waals surface area (Å²) in [4.78, 5) is 8.06. The van der Waals surface area contributed by atoms with Crippen LogP contribution in [0.1, 0.15) is 12.8 Å². The summed E-state index contributed by atoms with van der Waals surface area (Å²) in [6.07, 6.45) is 3.56. The molecule has 0 saturated carbocycles. The third-order valence-corrected chi connectivity index (χ3v) is 5.18. The second-order valence-corrected chi connectivity index (χ2v) is 6.97. The molecule has 0 spiro atoms. The first-order valence-corrected chi connectivity index (χ1v) is 8.66. The summed E-state index contributed by atoms with van der Waals surface area (Å²) in [7, 11) is 0. The van der Waals surface area contributed by atoms with Crippen LogP contribution in [-0.2, 0) is 0 Å². The van der Waals surface area contributed by atoms with Gasteiger partial charge in [-0.05, 0) is 31.0 Å². The van der Waals surface area contributed by atoms with Crippen LogP contribution < -0.4 is 0 Å². The molecule has 112 valence electrons. The predicted octanol–water partition coefficient (Wildman–Crippen LogP) is 3.44. The molecule has 0 aliphatic carbocycles. The molecule has 1 aliphatic heterocycles. The number of piperidine rings is 1. The minimum atomic E-state index is -0.0946. The Morgan fingerprint density at radius 1 is 1.29 bits per heavy atom. The van der Waals surface area contributed by atoms with E-state index in [1.54, 1.807) is 0 Å². The molecule has 1 fully saturated rings. The Kier molecular flexibility index (Phi) is 5.01. The van der Waals surface area contributed by atoms with Gasteiger partial charge < -0.3 is 10.0 Å². The highest BCUT2D eigenvalue weighted by molar-refractivity contribution is 7.99. The highest BCUT2D eigenvalue weighted by Gasteiger charge is 2.16. The summed E-state index contributed by atoms with van der Waals surface area (Å²) in [6, 6.07) is 7.94. The number of rotatable bonds is 4. The fraction of sp³-hybridized carbons (Fsp3) is 0.438. The highest BCUT2D eigenvalue weighted by Crippen LogP contribution is 2.28. The fourth-order valence-corrected chi connectivity index (χ4v) is 3.87. The van der Waals surface area contributed by atoms with E-state index < -0.39 is 0 Å². The van der Waals surface area contributed by atoms with Gasteiger partial charge in [-0.2, -0.15) is 0 Å². The van der Waals surface area contributed by atoms with Crippen LogP contribution in [0.4, 0.5) is 0 Å². The van der Waals surface area contributed by atoms with Gasteiger partial charge in [0.25, 0.3) is 0 Å². The molecular formula is C16H19ClN2OS. The second-order valence-electron chi connectivity index (χ2n) is 5.39. The Balaban J connectivity index is 1.60. The molecule has 3 rings (SSSR count). The first-order valence-electron chi connectivity index (χ1n) is 7.30. The van der Waals surface area contributed by atoms with Crippen molar-refractivity contribution in [2.75, 3.05) is 25.4 Å². The highest BCUT2D eigenvalue weighted by atomic mass is 35.5. The smallest absolute Gasteiger partial charge is 0.0728 e. The van der Waals surface area contributed by atoms with E-state index in [1.165, 1.54) is 10.3 Å². The third-order valence-electron chi connectivity index (χ3n) is 3.89. The lowest BCUT2D eigenvalue weighted by molar-refractivity contribution is 0.0857. The molecular weight excluding hydrogens is 304 g/mol. The monoisotopic (exact) mass is 322 g/mol. The number of likely N-dealkylation sites (tertiary alicyclic amines) is 1. The van der Waals surface area contributed by atoms with Crippen molar-refractivity contribution in [3.05, 3.63) is 35.5 Å². The molecule has 3 nitrogen and oxygen atoms in total. The van der Waals surface area contributed by atoms with E-state index in [0.29, 0.717) is 0 Å². The van der Waals surface area contributed by atoms with Crippen LogP contribution in [0, 0.1) is 0 Å². The molecule has 0 bridgehead atoms. The number of benzene rings is 1. The Morgan fingerprint density at radius 2 is 2.10 bits per heavy atom. The number of thioether (sulfide) groups is 1. The Hall–Kier alpha value is -0.810. The van der Waals surface area contributed by atoms with Crippen LogP contribution in [0.15, 0.2) is 35.4 Å².